The lowest BCUT2D eigenvalue weighted by molar-refractivity contribution is -0.132. The summed E-state index contributed by atoms with van der Waals surface area (Å²) < 4.78 is 5.89. The summed E-state index contributed by atoms with van der Waals surface area (Å²) in [7, 11) is 0. The van der Waals surface area contributed by atoms with Gasteiger partial charge in [0.1, 0.15) is 5.75 Å². The minimum atomic E-state index is -0.925. The summed E-state index contributed by atoms with van der Waals surface area (Å²) in [6.45, 7) is 4.41. The lowest BCUT2D eigenvalue weighted by Crippen LogP contribution is -2.32. The van der Waals surface area contributed by atoms with Crippen LogP contribution in [0.25, 0.3) is 0 Å². The first-order valence-electron chi connectivity index (χ1n) is 10.1. The number of hydrogen-bond acceptors (Lipinski definition) is 4. The van der Waals surface area contributed by atoms with Crippen LogP contribution in [0.1, 0.15) is 53.7 Å². The molecule has 6 nitrogen and oxygen atoms in total. The highest BCUT2D eigenvalue weighted by Crippen LogP contribution is 2.27. The van der Waals surface area contributed by atoms with E-state index in [0.717, 1.165) is 49.2 Å². The number of benzene rings is 2. The number of nitrogens with zero attached hydrogens (tertiary/aromatic N) is 1. The molecule has 1 saturated heterocycles. The van der Waals surface area contributed by atoms with Crippen LogP contribution in [0.3, 0.4) is 0 Å². The highest BCUT2D eigenvalue weighted by atomic mass is 16.5. The molecule has 1 unspecified atom stereocenters. The number of para-hydroxylation sites is 1. The number of ether oxygens (including phenoxy) is 1. The second-order valence-electron chi connectivity index (χ2n) is 7.26. The monoisotopic (exact) mass is 396 g/mol. The van der Waals surface area contributed by atoms with Crippen molar-refractivity contribution >= 4 is 11.9 Å². The van der Waals surface area contributed by atoms with E-state index in [1.54, 1.807) is 12.1 Å². The van der Waals surface area contributed by atoms with Crippen LogP contribution in [0.4, 0.5) is 0 Å². The first-order valence-corrected chi connectivity index (χ1v) is 10.1. The van der Waals surface area contributed by atoms with Crippen LogP contribution in [0.5, 0.6) is 5.75 Å². The molecule has 6 heteroatoms. The van der Waals surface area contributed by atoms with Crippen LogP contribution in [0.15, 0.2) is 48.5 Å². The van der Waals surface area contributed by atoms with Gasteiger partial charge in [-0.25, -0.2) is 4.79 Å². The number of rotatable bonds is 9. The summed E-state index contributed by atoms with van der Waals surface area (Å²) in [5.41, 5.74) is 2.31. The van der Waals surface area contributed by atoms with Gasteiger partial charge in [-0.1, -0.05) is 37.3 Å². The van der Waals surface area contributed by atoms with Crippen LogP contribution >= 0.6 is 0 Å². The molecular formula is C23H28N2O4. The number of hydrogen-bond donors (Lipinski definition) is 2. The van der Waals surface area contributed by atoms with E-state index >= 15 is 0 Å². The Hall–Kier alpha value is -2.86. The number of amides is 1. The Morgan fingerprint density at radius 2 is 1.79 bits per heavy atom. The molecule has 0 bridgehead atoms. The number of likely N-dealkylation sites (tertiary alicyclic amines) is 1. The first kappa shape index (κ1) is 20.9. The molecule has 0 spiro atoms. The Morgan fingerprint density at radius 1 is 1.10 bits per heavy atom. The van der Waals surface area contributed by atoms with Crippen LogP contribution in [0.2, 0.25) is 0 Å². The Morgan fingerprint density at radius 3 is 2.45 bits per heavy atom. The number of carbonyl (C=O) groups is 2. The van der Waals surface area contributed by atoms with Crippen molar-refractivity contribution < 1.29 is 19.4 Å². The Labute approximate surface area is 171 Å². The van der Waals surface area contributed by atoms with Crippen molar-refractivity contribution in [3.8, 4) is 5.75 Å². The second-order valence-corrected chi connectivity index (χ2v) is 7.26. The third-order valence-electron chi connectivity index (χ3n) is 5.27. The molecule has 0 radical (unpaired) electrons. The van der Waals surface area contributed by atoms with E-state index in [0.29, 0.717) is 6.54 Å². The van der Waals surface area contributed by atoms with Crippen LogP contribution < -0.4 is 10.1 Å². The van der Waals surface area contributed by atoms with Gasteiger partial charge in [0.05, 0.1) is 5.56 Å². The van der Waals surface area contributed by atoms with E-state index in [1.807, 2.05) is 41.3 Å². The van der Waals surface area contributed by atoms with Gasteiger partial charge in [0.25, 0.3) is 5.91 Å². The fraction of sp³-hybridized carbons (Fsp3) is 0.391. The molecule has 0 aromatic heterocycles. The molecule has 2 aromatic carbocycles. The topological polar surface area (TPSA) is 78.9 Å². The molecular weight excluding hydrogens is 368 g/mol. The number of nitrogens with one attached hydrogen (secondary N) is 1. The fourth-order valence-corrected chi connectivity index (χ4v) is 3.58. The Balaban J connectivity index is 1.62. The van der Waals surface area contributed by atoms with E-state index < -0.39 is 5.97 Å². The molecule has 1 aliphatic rings. The summed E-state index contributed by atoms with van der Waals surface area (Å²) in [5, 5.41) is 12.5. The summed E-state index contributed by atoms with van der Waals surface area (Å²) in [6.07, 6.45) is 2.99. The van der Waals surface area contributed by atoms with Gasteiger partial charge >= 0.3 is 5.97 Å². The van der Waals surface area contributed by atoms with Gasteiger partial charge in [0, 0.05) is 31.2 Å². The van der Waals surface area contributed by atoms with E-state index in [4.69, 9.17) is 9.84 Å². The smallest absolute Gasteiger partial charge is 0.335 e. The summed E-state index contributed by atoms with van der Waals surface area (Å²) >= 11 is 0. The predicted octanol–water partition coefficient (Wildman–Crippen LogP) is 3.63. The Bertz CT molecular complexity index is 829. The average Bonchev–Trinajstić information content (AvgIpc) is 3.28. The first-order chi connectivity index (χ1) is 14.1. The van der Waals surface area contributed by atoms with Gasteiger partial charge < -0.3 is 20.1 Å². The van der Waals surface area contributed by atoms with Crippen LogP contribution in [-0.4, -0.2) is 41.6 Å². The molecule has 1 atom stereocenters. The van der Waals surface area contributed by atoms with Crippen molar-refractivity contribution in [1.29, 1.82) is 0 Å². The molecule has 1 amide bonds. The molecule has 1 heterocycles. The third kappa shape index (κ3) is 5.57. The third-order valence-corrected chi connectivity index (χ3v) is 5.27. The molecule has 154 valence electrons. The zero-order valence-corrected chi connectivity index (χ0v) is 16.8. The van der Waals surface area contributed by atoms with Gasteiger partial charge in [0.15, 0.2) is 6.61 Å². The van der Waals surface area contributed by atoms with E-state index in [2.05, 4.69) is 12.2 Å². The summed E-state index contributed by atoms with van der Waals surface area (Å²) in [4.78, 5) is 25.1. The maximum Gasteiger partial charge on any atom is 0.335 e. The zero-order chi connectivity index (χ0) is 20.6. The highest BCUT2D eigenvalue weighted by Gasteiger charge is 2.20. The molecule has 2 aromatic rings. The zero-order valence-electron chi connectivity index (χ0n) is 16.8. The normalized spacial score (nSPS) is 14.6. The van der Waals surface area contributed by atoms with Crippen molar-refractivity contribution in [2.24, 2.45) is 0 Å². The van der Waals surface area contributed by atoms with Crippen molar-refractivity contribution in [1.82, 2.24) is 10.2 Å². The molecule has 2 N–H and O–H groups in total. The maximum absolute atomic E-state index is 12.3. The summed E-state index contributed by atoms with van der Waals surface area (Å²) in [5.74, 6) is -0.164. The van der Waals surface area contributed by atoms with Crippen molar-refractivity contribution in [3.63, 3.8) is 0 Å². The van der Waals surface area contributed by atoms with Gasteiger partial charge in [0.2, 0.25) is 0 Å². The van der Waals surface area contributed by atoms with E-state index in [9.17, 15) is 9.59 Å². The minimum Gasteiger partial charge on any atom is -0.483 e. The molecule has 29 heavy (non-hydrogen) atoms. The lowest BCUT2D eigenvalue weighted by Gasteiger charge is -2.22. The minimum absolute atomic E-state index is 0.0387. The SMILES string of the molecule is CCC(NCc1ccc(C(=O)O)cc1)c1ccccc1OCC(=O)N1CCCC1. The van der Waals surface area contributed by atoms with E-state index in [1.165, 1.54) is 0 Å². The van der Waals surface area contributed by atoms with Gasteiger partial charge in [-0.05, 0) is 43.0 Å². The molecule has 1 fully saturated rings. The number of carboxylic acids is 1. The van der Waals surface area contributed by atoms with Crippen molar-refractivity contribution in [3.05, 3.63) is 65.2 Å². The number of carboxylic acid groups (broad SMARTS) is 1. The largest absolute Gasteiger partial charge is 0.483 e. The molecule has 1 aliphatic heterocycles. The van der Waals surface area contributed by atoms with Gasteiger partial charge in [-0.2, -0.15) is 0 Å². The fourth-order valence-electron chi connectivity index (χ4n) is 3.58. The van der Waals surface area contributed by atoms with Crippen molar-refractivity contribution in [2.75, 3.05) is 19.7 Å². The average molecular weight is 396 g/mol. The summed E-state index contributed by atoms with van der Waals surface area (Å²) in [6, 6.07) is 14.7. The standard InChI is InChI=1S/C23H28N2O4/c1-2-20(24-15-17-9-11-18(12-10-17)23(27)28)19-7-3-4-8-21(19)29-16-22(26)25-13-5-6-14-25/h3-4,7-12,20,24H,2,5-6,13-16H2,1H3,(H,27,28). The van der Waals surface area contributed by atoms with Gasteiger partial charge in [-0.15, -0.1) is 0 Å². The molecule has 3 rings (SSSR count). The molecule has 0 aliphatic carbocycles. The number of aromatic carboxylic acids is 1. The van der Waals surface area contributed by atoms with Gasteiger partial charge in [-0.3, -0.25) is 4.79 Å². The quantitative estimate of drug-likeness (QED) is 0.677. The Kier molecular flexibility index (Phi) is 7.25. The van der Waals surface area contributed by atoms with Crippen molar-refractivity contribution in [2.45, 2.75) is 38.8 Å². The highest BCUT2D eigenvalue weighted by molar-refractivity contribution is 5.87. The van der Waals surface area contributed by atoms with Crippen LogP contribution in [0, 0.1) is 0 Å². The maximum atomic E-state index is 12.3. The predicted molar refractivity (Wildman–Crippen MR) is 111 cm³/mol. The van der Waals surface area contributed by atoms with E-state index in [-0.39, 0.29) is 24.1 Å². The lowest BCUT2D eigenvalue weighted by atomic mass is 10.0. The molecule has 0 saturated carbocycles. The number of carbonyl (C=O) groups excluding carboxylic acids is 1. The second kappa shape index (κ2) is 10.1. The van der Waals surface area contributed by atoms with Crippen LogP contribution in [-0.2, 0) is 11.3 Å².